The molecule has 0 saturated carbocycles. The summed E-state index contributed by atoms with van der Waals surface area (Å²) >= 11 is 0. The smallest absolute Gasteiger partial charge is 0.467 e. The molecule has 0 aliphatic rings. The lowest BCUT2D eigenvalue weighted by Crippen LogP contribution is -2.17. The fourth-order valence-electron chi connectivity index (χ4n) is 2.10. The van der Waals surface area contributed by atoms with Crippen molar-refractivity contribution in [2.45, 2.75) is 12.5 Å². The molecule has 0 bridgehead atoms. The van der Waals surface area contributed by atoms with Gasteiger partial charge < -0.3 is 14.6 Å². The molecular formula is C16H13F3O4. The van der Waals surface area contributed by atoms with Crippen molar-refractivity contribution in [2.24, 2.45) is 0 Å². The maximum atomic E-state index is 12.3. The number of rotatable bonds is 4. The Balaban J connectivity index is 2.43. The lowest BCUT2D eigenvalue weighted by atomic mass is 9.96. The van der Waals surface area contributed by atoms with E-state index in [1.165, 1.54) is 18.2 Å². The Kier molecular flexibility index (Phi) is 4.90. The van der Waals surface area contributed by atoms with Gasteiger partial charge in [0.2, 0.25) is 0 Å². The van der Waals surface area contributed by atoms with Gasteiger partial charge in [0.15, 0.2) is 6.10 Å². The molecule has 7 heteroatoms. The standard InChI is InChI=1S/C16H13F3O4/c1-22-15(21)14(20)13-8-3-2-7-12(13)10-5-4-6-11(9-10)23-16(17,18)19/h2-9,14,20H,1H3. The number of halogens is 3. The van der Waals surface area contributed by atoms with E-state index in [-0.39, 0.29) is 5.56 Å². The average Bonchev–Trinajstić information content (AvgIpc) is 2.52. The highest BCUT2D eigenvalue weighted by molar-refractivity contribution is 5.81. The summed E-state index contributed by atoms with van der Waals surface area (Å²) in [6.45, 7) is 0. The van der Waals surface area contributed by atoms with Crippen molar-refractivity contribution in [3.05, 3.63) is 54.1 Å². The lowest BCUT2D eigenvalue weighted by Gasteiger charge is -2.15. The average molecular weight is 326 g/mol. The lowest BCUT2D eigenvalue weighted by molar-refractivity contribution is -0.274. The molecule has 0 radical (unpaired) electrons. The third-order valence-corrected chi connectivity index (χ3v) is 3.06. The van der Waals surface area contributed by atoms with Gasteiger partial charge in [-0.3, -0.25) is 0 Å². The first-order chi connectivity index (χ1) is 10.8. The maximum absolute atomic E-state index is 12.3. The highest BCUT2D eigenvalue weighted by atomic mass is 19.4. The molecule has 0 aliphatic heterocycles. The first kappa shape index (κ1) is 16.8. The van der Waals surface area contributed by atoms with E-state index in [1.54, 1.807) is 24.3 Å². The molecule has 0 aromatic heterocycles. The van der Waals surface area contributed by atoms with E-state index in [2.05, 4.69) is 9.47 Å². The highest BCUT2D eigenvalue weighted by Crippen LogP contribution is 2.32. The van der Waals surface area contributed by atoms with Gasteiger partial charge in [0.25, 0.3) is 0 Å². The van der Waals surface area contributed by atoms with Crippen LogP contribution in [0.3, 0.4) is 0 Å². The van der Waals surface area contributed by atoms with Crippen LogP contribution < -0.4 is 4.74 Å². The predicted molar refractivity (Wildman–Crippen MR) is 75.5 cm³/mol. The van der Waals surface area contributed by atoms with Crippen LogP contribution in [0.5, 0.6) is 5.75 Å². The SMILES string of the molecule is COC(=O)C(O)c1ccccc1-c1cccc(OC(F)(F)F)c1. The van der Waals surface area contributed by atoms with Crippen LogP contribution in [0.4, 0.5) is 13.2 Å². The van der Waals surface area contributed by atoms with E-state index in [0.29, 0.717) is 11.1 Å². The molecule has 122 valence electrons. The molecule has 0 amide bonds. The highest BCUT2D eigenvalue weighted by Gasteiger charge is 2.31. The van der Waals surface area contributed by atoms with Crippen molar-refractivity contribution in [3.63, 3.8) is 0 Å². The zero-order valence-electron chi connectivity index (χ0n) is 12.0. The Morgan fingerprint density at radius 2 is 1.83 bits per heavy atom. The fraction of sp³-hybridized carbons (Fsp3) is 0.188. The van der Waals surface area contributed by atoms with E-state index < -0.39 is 24.2 Å². The van der Waals surface area contributed by atoms with E-state index >= 15 is 0 Å². The summed E-state index contributed by atoms with van der Waals surface area (Å²) in [7, 11) is 1.13. The second-order valence-corrected chi connectivity index (χ2v) is 4.59. The van der Waals surface area contributed by atoms with E-state index in [4.69, 9.17) is 0 Å². The van der Waals surface area contributed by atoms with Gasteiger partial charge in [0.1, 0.15) is 5.75 Å². The predicted octanol–water partition coefficient (Wildman–Crippen LogP) is 3.46. The topological polar surface area (TPSA) is 55.8 Å². The number of alkyl halides is 3. The minimum absolute atomic E-state index is 0.225. The molecule has 0 aliphatic carbocycles. The van der Waals surface area contributed by atoms with Crippen LogP contribution in [-0.4, -0.2) is 24.5 Å². The Morgan fingerprint density at radius 1 is 1.13 bits per heavy atom. The van der Waals surface area contributed by atoms with Crippen LogP contribution in [0, 0.1) is 0 Å². The van der Waals surface area contributed by atoms with Crippen molar-refractivity contribution < 1.29 is 32.5 Å². The molecule has 0 saturated heterocycles. The number of methoxy groups -OCH3 is 1. The summed E-state index contributed by atoms with van der Waals surface area (Å²) < 4.78 is 45.3. The van der Waals surface area contributed by atoms with Crippen molar-refractivity contribution in [1.82, 2.24) is 0 Å². The Bertz CT molecular complexity index is 698. The van der Waals surface area contributed by atoms with Gasteiger partial charge in [-0.2, -0.15) is 0 Å². The van der Waals surface area contributed by atoms with Crippen LogP contribution in [0.1, 0.15) is 11.7 Å². The van der Waals surface area contributed by atoms with E-state index in [0.717, 1.165) is 13.2 Å². The van der Waals surface area contributed by atoms with Crippen molar-refractivity contribution in [2.75, 3.05) is 7.11 Å². The quantitative estimate of drug-likeness (QED) is 0.874. The number of carbonyl (C=O) groups excluding carboxylic acids is 1. The zero-order valence-corrected chi connectivity index (χ0v) is 12.0. The third kappa shape index (κ3) is 4.23. The first-order valence-corrected chi connectivity index (χ1v) is 6.53. The number of aliphatic hydroxyl groups excluding tert-OH is 1. The minimum Gasteiger partial charge on any atom is -0.467 e. The molecule has 2 aromatic carbocycles. The van der Waals surface area contributed by atoms with Crippen molar-refractivity contribution in [1.29, 1.82) is 0 Å². The number of aliphatic hydroxyl groups is 1. The molecule has 1 unspecified atom stereocenters. The number of benzene rings is 2. The van der Waals surface area contributed by atoms with E-state index in [9.17, 15) is 23.1 Å². The van der Waals surface area contributed by atoms with Crippen LogP contribution in [-0.2, 0) is 9.53 Å². The van der Waals surface area contributed by atoms with Gasteiger partial charge in [0.05, 0.1) is 7.11 Å². The van der Waals surface area contributed by atoms with Crippen LogP contribution in [0.15, 0.2) is 48.5 Å². The molecule has 4 nitrogen and oxygen atoms in total. The Hall–Kier alpha value is -2.54. The molecule has 0 spiro atoms. The van der Waals surface area contributed by atoms with Gasteiger partial charge in [-0.15, -0.1) is 13.2 Å². The summed E-state index contributed by atoms with van der Waals surface area (Å²) in [6, 6.07) is 11.6. The van der Waals surface area contributed by atoms with Gasteiger partial charge in [0, 0.05) is 0 Å². The fourth-order valence-corrected chi connectivity index (χ4v) is 2.10. The van der Waals surface area contributed by atoms with Crippen molar-refractivity contribution in [3.8, 4) is 16.9 Å². The van der Waals surface area contributed by atoms with Crippen LogP contribution in [0.25, 0.3) is 11.1 Å². The molecule has 2 aromatic rings. The molecule has 0 fully saturated rings. The summed E-state index contributed by atoms with van der Waals surface area (Å²) in [5.74, 6) is -1.25. The monoisotopic (exact) mass is 326 g/mol. The largest absolute Gasteiger partial charge is 0.573 e. The van der Waals surface area contributed by atoms with Gasteiger partial charge in [-0.05, 0) is 28.8 Å². The first-order valence-electron chi connectivity index (χ1n) is 6.53. The van der Waals surface area contributed by atoms with Crippen molar-refractivity contribution >= 4 is 5.97 Å². The number of hydrogen-bond acceptors (Lipinski definition) is 4. The van der Waals surface area contributed by atoms with E-state index in [1.807, 2.05) is 0 Å². The van der Waals surface area contributed by atoms with Crippen LogP contribution in [0.2, 0.25) is 0 Å². The molecular weight excluding hydrogens is 313 g/mol. The number of ether oxygens (including phenoxy) is 2. The summed E-state index contributed by atoms with van der Waals surface area (Å²) in [4.78, 5) is 11.5. The second-order valence-electron chi connectivity index (χ2n) is 4.59. The van der Waals surface area contributed by atoms with Gasteiger partial charge >= 0.3 is 12.3 Å². The second kappa shape index (κ2) is 6.70. The van der Waals surface area contributed by atoms with Crippen LogP contribution >= 0.6 is 0 Å². The maximum Gasteiger partial charge on any atom is 0.573 e. The van der Waals surface area contributed by atoms with Gasteiger partial charge in [-0.25, -0.2) is 4.79 Å². The number of esters is 1. The molecule has 0 heterocycles. The molecule has 23 heavy (non-hydrogen) atoms. The summed E-state index contributed by atoms with van der Waals surface area (Å²) in [6.07, 6.45) is -6.34. The Labute approximate surface area is 130 Å². The molecule has 1 atom stereocenters. The summed E-state index contributed by atoms with van der Waals surface area (Å²) in [5, 5.41) is 10.0. The zero-order chi connectivity index (χ0) is 17.0. The summed E-state index contributed by atoms with van der Waals surface area (Å²) in [5.41, 5.74) is 0.992. The number of carbonyl (C=O) groups is 1. The normalized spacial score (nSPS) is 12.6. The Morgan fingerprint density at radius 3 is 2.48 bits per heavy atom. The third-order valence-electron chi connectivity index (χ3n) is 3.06. The number of hydrogen-bond donors (Lipinski definition) is 1. The minimum atomic E-state index is -4.80. The molecule has 2 rings (SSSR count). The van der Waals surface area contributed by atoms with Gasteiger partial charge in [-0.1, -0.05) is 36.4 Å². The molecule has 1 N–H and O–H groups in total.